The summed E-state index contributed by atoms with van der Waals surface area (Å²) in [7, 11) is 0. The van der Waals surface area contributed by atoms with E-state index in [1.54, 1.807) is 0 Å². The molecule has 0 aliphatic heterocycles. The highest BCUT2D eigenvalue weighted by Gasteiger charge is 2.28. The third-order valence-electron chi connectivity index (χ3n) is 4.26. The van der Waals surface area contributed by atoms with Crippen LogP contribution in [-0.4, -0.2) is 12.6 Å². The average Bonchev–Trinajstić information content (AvgIpc) is 2.82. The van der Waals surface area contributed by atoms with Gasteiger partial charge in [-0.25, -0.2) is 0 Å². The van der Waals surface area contributed by atoms with Gasteiger partial charge in [0.2, 0.25) is 0 Å². The van der Waals surface area contributed by atoms with Crippen LogP contribution in [0.25, 0.3) is 0 Å². The molecule has 2 rings (SSSR count). The zero-order valence-corrected chi connectivity index (χ0v) is 11.9. The lowest BCUT2D eigenvalue weighted by Gasteiger charge is -2.25. The fourth-order valence-corrected chi connectivity index (χ4v) is 3.22. The fraction of sp³-hybridized carbons (Fsp3) is 0.647. The molecule has 1 N–H and O–H groups in total. The van der Waals surface area contributed by atoms with Gasteiger partial charge in [-0.2, -0.15) is 0 Å². The first-order valence-corrected chi connectivity index (χ1v) is 7.57. The predicted octanol–water partition coefficient (Wildman–Crippen LogP) is 4.03. The minimum atomic E-state index is 0.678. The lowest BCUT2D eigenvalue weighted by Crippen LogP contribution is -2.37. The van der Waals surface area contributed by atoms with Gasteiger partial charge in [-0.15, -0.1) is 0 Å². The minimum absolute atomic E-state index is 0.678. The maximum atomic E-state index is 3.78. The number of hydrogen-bond donors (Lipinski definition) is 1. The van der Waals surface area contributed by atoms with Gasteiger partial charge in [0.15, 0.2) is 0 Å². The molecular formula is C17H27N. The average molecular weight is 245 g/mol. The van der Waals surface area contributed by atoms with E-state index in [-0.39, 0.29) is 0 Å². The van der Waals surface area contributed by atoms with Gasteiger partial charge in [0.05, 0.1) is 0 Å². The van der Waals surface area contributed by atoms with Crippen molar-refractivity contribution in [2.24, 2.45) is 11.8 Å². The quantitative estimate of drug-likeness (QED) is 0.798. The summed E-state index contributed by atoms with van der Waals surface area (Å²) in [4.78, 5) is 0. The van der Waals surface area contributed by atoms with Gasteiger partial charge in [-0.3, -0.25) is 0 Å². The van der Waals surface area contributed by atoms with Crippen molar-refractivity contribution in [1.82, 2.24) is 5.32 Å². The van der Waals surface area contributed by atoms with Gasteiger partial charge < -0.3 is 5.32 Å². The zero-order valence-electron chi connectivity index (χ0n) is 11.9. The van der Waals surface area contributed by atoms with E-state index in [1.165, 1.54) is 37.7 Å². The second-order valence-corrected chi connectivity index (χ2v) is 5.93. The van der Waals surface area contributed by atoms with Gasteiger partial charge in [-0.1, -0.05) is 50.6 Å². The molecule has 1 heteroatoms. The molecule has 0 spiro atoms. The number of rotatable bonds is 6. The fourth-order valence-electron chi connectivity index (χ4n) is 3.22. The van der Waals surface area contributed by atoms with Crippen molar-refractivity contribution in [3.63, 3.8) is 0 Å². The van der Waals surface area contributed by atoms with Crippen molar-refractivity contribution in [2.75, 3.05) is 6.54 Å². The molecule has 3 unspecified atom stereocenters. The smallest absolute Gasteiger partial charge is 0.0136 e. The first-order valence-electron chi connectivity index (χ1n) is 7.57. The molecule has 1 aliphatic carbocycles. The molecule has 1 aliphatic rings. The van der Waals surface area contributed by atoms with Gasteiger partial charge in [0.1, 0.15) is 0 Å². The summed E-state index contributed by atoms with van der Waals surface area (Å²) in [6, 6.07) is 11.6. The van der Waals surface area contributed by atoms with Crippen LogP contribution in [0.5, 0.6) is 0 Å². The van der Waals surface area contributed by atoms with Crippen molar-refractivity contribution in [2.45, 2.75) is 52.0 Å². The highest BCUT2D eigenvalue weighted by molar-refractivity contribution is 5.16. The Bertz CT molecular complexity index is 333. The summed E-state index contributed by atoms with van der Waals surface area (Å²) in [6.07, 6.45) is 6.67. The van der Waals surface area contributed by atoms with Crippen molar-refractivity contribution < 1.29 is 0 Å². The first-order chi connectivity index (χ1) is 8.79. The van der Waals surface area contributed by atoms with Crippen LogP contribution in [0.2, 0.25) is 0 Å². The van der Waals surface area contributed by atoms with Crippen molar-refractivity contribution in [3.05, 3.63) is 35.9 Å². The Hall–Kier alpha value is -0.820. The summed E-state index contributed by atoms with van der Waals surface area (Å²) in [5.74, 6) is 1.81. The molecule has 1 nitrogen and oxygen atoms in total. The highest BCUT2D eigenvalue weighted by atomic mass is 14.9. The van der Waals surface area contributed by atoms with Crippen LogP contribution in [0.15, 0.2) is 30.3 Å². The first kappa shape index (κ1) is 13.6. The van der Waals surface area contributed by atoms with Crippen molar-refractivity contribution in [1.29, 1.82) is 0 Å². The van der Waals surface area contributed by atoms with E-state index in [9.17, 15) is 0 Å². The molecule has 0 bridgehead atoms. The zero-order chi connectivity index (χ0) is 12.8. The number of benzene rings is 1. The predicted molar refractivity (Wildman–Crippen MR) is 78.7 cm³/mol. The Morgan fingerprint density at radius 2 is 2.00 bits per heavy atom. The van der Waals surface area contributed by atoms with Crippen LogP contribution in [0.1, 0.15) is 45.1 Å². The SMILES string of the molecule is CCCNC(Cc1ccccc1)C1CCC(C)C1. The molecule has 3 atom stereocenters. The molecule has 0 saturated heterocycles. The monoisotopic (exact) mass is 245 g/mol. The summed E-state index contributed by atoms with van der Waals surface area (Å²) in [6.45, 7) is 5.81. The second-order valence-electron chi connectivity index (χ2n) is 5.93. The molecule has 0 heterocycles. The summed E-state index contributed by atoms with van der Waals surface area (Å²) < 4.78 is 0. The molecule has 100 valence electrons. The van der Waals surface area contributed by atoms with E-state index in [0.717, 1.165) is 18.4 Å². The van der Waals surface area contributed by atoms with Crippen LogP contribution in [0.3, 0.4) is 0 Å². The van der Waals surface area contributed by atoms with Crippen LogP contribution in [0.4, 0.5) is 0 Å². The maximum Gasteiger partial charge on any atom is 0.0136 e. The molecular weight excluding hydrogens is 218 g/mol. The highest BCUT2D eigenvalue weighted by Crippen LogP contribution is 2.33. The van der Waals surface area contributed by atoms with E-state index in [2.05, 4.69) is 49.5 Å². The maximum absolute atomic E-state index is 3.78. The molecule has 0 aromatic heterocycles. The van der Waals surface area contributed by atoms with Crippen LogP contribution in [-0.2, 0) is 6.42 Å². The van der Waals surface area contributed by atoms with Crippen molar-refractivity contribution in [3.8, 4) is 0 Å². The topological polar surface area (TPSA) is 12.0 Å². The normalized spacial score (nSPS) is 25.2. The molecule has 1 aromatic carbocycles. The standard InChI is InChI=1S/C17H27N/c1-3-11-18-17(16-10-9-14(2)12-16)13-15-7-5-4-6-8-15/h4-8,14,16-18H,3,9-13H2,1-2H3. The molecule has 1 aromatic rings. The van der Waals surface area contributed by atoms with E-state index >= 15 is 0 Å². The van der Waals surface area contributed by atoms with E-state index < -0.39 is 0 Å². The lowest BCUT2D eigenvalue weighted by atomic mass is 9.91. The van der Waals surface area contributed by atoms with Crippen LogP contribution < -0.4 is 5.32 Å². The summed E-state index contributed by atoms with van der Waals surface area (Å²) in [5.41, 5.74) is 1.48. The Morgan fingerprint density at radius 3 is 2.61 bits per heavy atom. The molecule has 1 saturated carbocycles. The molecule has 0 amide bonds. The van der Waals surface area contributed by atoms with Gasteiger partial charge in [-0.05, 0) is 49.6 Å². The third-order valence-corrected chi connectivity index (χ3v) is 4.26. The van der Waals surface area contributed by atoms with E-state index in [0.29, 0.717) is 6.04 Å². The van der Waals surface area contributed by atoms with Crippen LogP contribution >= 0.6 is 0 Å². The Kier molecular flexibility index (Phi) is 5.25. The Morgan fingerprint density at radius 1 is 1.22 bits per heavy atom. The van der Waals surface area contributed by atoms with Gasteiger partial charge >= 0.3 is 0 Å². The lowest BCUT2D eigenvalue weighted by molar-refractivity contribution is 0.348. The number of hydrogen-bond acceptors (Lipinski definition) is 1. The molecule has 0 radical (unpaired) electrons. The summed E-state index contributed by atoms with van der Waals surface area (Å²) in [5, 5.41) is 3.78. The van der Waals surface area contributed by atoms with Crippen molar-refractivity contribution >= 4 is 0 Å². The molecule has 1 fully saturated rings. The van der Waals surface area contributed by atoms with E-state index in [1.807, 2.05) is 0 Å². The Balaban J connectivity index is 1.96. The van der Waals surface area contributed by atoms with Gasteiger partial charge in [0.25, 0.3) is 0 Å². The summed E-state index contributed by atoms with van der Waals surface area (Å²) >= 11 is 0. The van der Waals surface area contributed by atoms with Crippen LogP contribution in [0, 0.1) is 11.8 Å². The largest absolute Gasteiger partial charge is 0.313 e. The van der Waals surface area contributed by atoms with E-state index in [4.69, 9.17) is 0 Å². The van der Waals surface area contributed by atoms with Gasteiger partial charge in [0, 0.05) is 6.04 Å². The Labute approximate surface area is 112 Å². The molecule has 18 heavy (non-hydrogen) atoms. The third kappa shape index (κ3) is 3.84. The number of nitrogens with one attached hydrogen (secondary N) is 1. The minimum Gasteiger partial charge on any atom is -0.313 e. The second kappa shape index (κ2) is 6.94.